The summed E-state index contributed by atoms with van der Waals surface area (Å²) in [5.74, 6) is 1.36. The molecule has 30 heavy (non-hydrogen) atoms. The Bertz CT molecular complexity index is 1030. The van der Waals surface area contributed by atoms with Crippen LogP contribution in [0.15, 0.2) is 29.4 Å². The zero-order valence-corrected chi connectivity index (χ0v) is 19.1. The summed E-state index contributed by atoms with van der Waals surface area (Å²) in [5.41, 5.74) is 2.18. The average Bonchev–Trinajstić information content (AvgIpc) is 3.35. The first-order valence-corrected chi connectivity index (χ1v) is 13.3. The molecule has 2 aromatic rings. The number of rotatable bonds is 8. The van der Waals surface area contributed by atoms with Gasteiger partial charge in [0, 0.05) is 24.2 Å². The summed E-state index contributed by atoms with van der Waals surface area (Å²) < 4.78 is 25.9. The highest BCUT2D eigenvalue weighted by Gasteiger charge is 2.42. The van der Waals surface area contributed by atoms with Crippen LogP contribution in [0.5, 0.6) is 0 Å². The molecule has 2 heterocycles. The number of hydrogen-bond acceptors (Lipinski definition) is 6. The highest BCUT2D eigenvalue weighted by atomic mass is 32.2. The Labute approximate surface area is 182 Å². The molecule has 0 bridgehead atoms. The van der Waals surface area contributed by atoms with E-state index in [0.717, 1.165) is 47.9 Å². The highest BCUT2D eigenvalue weighted by molar-refractivity contribution is 7.99. The lowest BCUT2D eigenvalue weighted by Gasteiger charge is -2.28. The molecule has 9 heteroatoms. The molecule has 1 unspecified atom stereocenters. The minimum Gasteiger partial charge on any atom is -0.335 e. The smallest absolute Gasteiger partial charge is 0.233 e. The van der Waals surface area contributed by atoms with Crippen molar-refractivity contribution in [1.29, 1.82) is 0 Å². The molecular formula is C21H28N4O3S2. The predicted molar refractivity (Wildman–Crippen MR) is 118 cm³/mol. The van der Waals surface area contributed by atoms with E-state index in [-0.39, 0.29) is 35.2 Å². The van der Waals surface area contributed by atoms with Crippen LogP contribution in [0, 0.1) is 6.92 Å². The van der Waals surface area contributed by atoms with Crippen molar-refractivity contribution in [3.63, 3.8) is 0 Å². The maximum Gasteiger partial charge on any atom is 0.233 e. The van der Waals surface area contributed by atoms with Crippen molar-refractivity contribution in [2.75, 3.05) is 17.3 Å². The Hall–Kier alpha value is -1.87. The summed E-state index contributed by atoms with van der Waals surface area (Å²) >= 11 is 1.40. The standard InChI is InChI=1S/C21H28N4O3S2/c1-3-10-24-20(16-6-4-5-15(2)12-16)22-23-21(24)29-13-19(26)25(17-7-8-17)18-9-11-30(27,28)14-18/h4-6,12,17-18H,3,7-11,13-14H2,1-2H3. The second-order valence-corrected chi connectivity index (χ2v) is 11.4. The summed E-state index contributed by atoms with van der Waals surface area (Å²) in [6.07, 6.45) is 3.43. The van der Waals surface area contributed by atoms with Crippen molar-refractivity contribution in [3.8, 4) is 11.4 Å². The first kappa shape index (κ1) is 21.4. The van der Waals surface area contributed by atoms with Crippen LogP contribution >= 0.6 is 11.8 Å². The average molecular weight is 449 g/mol. The van der Waals surface area contributed by atoms with Crippen molar-refractivity contribution in [2.24, 2.45) is 0 Å². The number of benzene rings is 1. The number of carbonyl (C=O) groups is 1. The van der Waals surface area contributed by atoms with Crippen molar-refractivity contribution in [3.05, 3.63) is 29.8 Å². The van der Waals surface area contributed by atoms with E-state index >= 15 is 0 Å². The van der Waals surface area contributed by atoms with E-state index in [1.54, 1.807) is 0 Å². The molecule has 1 aliphatic carbocycles. The fraction of sp³-hybridized carbons (Fsp3) is 0.571. The van der Waals surface area contributed by atoms with Gasteiger partial charge >= 0.3 is 0 Å². The van der Waals surface area contributed by atoms with Gasteiger partial charge in [-0.05, 0) is 38.7 Å². The molecule has 1 atom stereocenters. The lowest BCUT2D eigenvalue weighted by atomic mass is 10.1. The third kappa shape index (κ3) is 4.72. The van der Waals surface area contributed by atoms with E-state index in [1.165, 1.54) is 11.8 Å². The van der Waals surface area contributed by atoms with Gasteiger partial charge in [-0.1, -0.05) is 42.4 Å². The van der Waals surface area contributed by atoms with Crippen LogP contribution in [-0.4, -0.2) is 63.3 Å². The maximum atomic E-state index is 13.0. The van der Waals surface area contributed by atoms with E-state index in [0.29, 0.717) is 6.42 Å². The van der Waals surface area contributed by atoms with Crippen molar-refractivity contribution >= 4 is 27.5 Å². The van der Waals surface area contributed by atoms with E-state index < -0.39 is 9.84 Å². The second kappa shape index (κ2) is 8.70. The molecule has 1 amide bonds. The molecule has 0 radical (unpaired) electrons. The van der Waals surface area contributed by atoms with E-state index in [9.17, 15) is 13.2 Å². The van der Waals surface area contributed by atoms with Crippen molar-refractivity contribution in [1.82, 2.24) is 19.7 Å². The third-order valence-corrected chi connectivity index (χ3v) is 8.30. The predicted octanol–water partition coefficient (Wildman–Crippen LogP) is 2.93. The van der Waals surface area contributed by atoms with Crippen LogP contribution in [-0.2, 0) is 21.2 Å². The zero-order valence-electron chi connectivity index (χ0n) is 17.5. The van der Waals surface area contributed by atoms with E-state index in [4.69, 9.17) is 0 Å². The second-order valence-electron chi connectivity index (χ2n) is 8.21. The molecule has 2 fully saturated rings. The van der Waals surface area contributed by atoms with Crippen molar-refractivity contribution in [2.45, 2.75) is 63.3 Å². The molecular weight excluding hydrogens is 420 g/mol. The minimum atomic E-state index is -3.02. The number of thioether (sulfide) groups is 1. The number of aromatic nitrogens is 3. The van der Waals surface area contributed by atoms with Gasteiger partial charge < -0.3 is 9.47 Å². The molecule has 4 rings (SSSR count). The SMILES string of the molecule is CCCn1c(SCC(=O)N(C2CC2)C2CCS(=O)(=O)C2)nnc1-c1cccc(C)c1. The molecule has 1 saturated heterocycles. The van der Waals surface area contributed by atoms with Gasteiger partial charge in [0.05, 0.1) is 17.3 Å². The summed E-state index contributed by atoms with van der Waals surface area (Å²) in [6.45, 7) is 4.93. The van der Waals surface area contributed by atoms with Crippen LogP contribution in [0.3, 0.4) is 0 Å². The number of amides is 1. The summed E-state index contributed by atoms with van der Waals surface area (Å²) in [7, 11) is -3.02. The molecule has 0 N–H and O–H groups in total. The Morgan fingerprint density at radius 1 is 1.23 bits per heavy atom. The summed E-state index contributed by atoms with van der Waals surface area (Å²) in [5, 5.41) is 9.50. The first-order chi connectivity index (χ1) is 14.4. The Morgan fingerprint density at radius 2 is 2.03 bits per heavy atom. The van der Waals surface area contributed by atoms with Gasteiger partial charge in [-0.25, -0.2) is 8.42 Å². The monoisotopic (exact) mass is 448 g/mol. The number of nitrogens with zero attached hydrogens (tertiary/aromatic N) is 4. The van der Waals surface area contributed by atoms with Gasteiger partial charge in [0.15, 0.2) is 20.8 Å². The highest BCUT2D eigenvalue weighted by Crippen LogP contribution is 2.33. The van der Waals surface area contributed by atoms with Crippen LogP contribution in [0.25, 0.3) is 11.4 Å². The van der Waals surface area contributed by atoms with Gasteiger partial charge in [-0.2, -0.15) is 0 Å². The molecule has 0 spiro atoms. The maximum absolute atomic E-state index is 13.0. The lowest BCUT2D eigenvalue weighted by molar-refractivity contribution is -0.130. The van der Waals surface area contributed by atoms with Gasteiger partial charge in [-0.15, -0.1) is 10.2 Å². The molecule has 1 aliphatic heterocycles. The summed E-state index contributed by atoms with van der Waals surface area (Å²) in [4.78, 5) is 14.9. The number of hydrogen-bond donors (Lipinski definition) is 0. The normalized spacial score (nSPS) is 20.4. The fourth-order valence-corrected chi connectivity index (χ4v) is 6.62. The number of aryl methyl sites for hydroxylation is 1. The molecule has 1 aromatic carbocycles. The molecule has 162 valence electrons. The molecule has 2 aliphatic rings. The molecule has 7 nitrogen and oxygen atoms in total. The zero-order chi connectivity index (χ0) is 21.3. The third-order valence-electron chi connectivity index (χ3n) is 5.60. The van der Waals surface area contributed by atoms with Gasteiger partial charge in [0.25, 0.3) is 0 Å². The topological polar surface area (TPSA) is 85.2 Å². The minimum absolute atomic E-state index is 0.00718. The van der Waals surface area contributed by atoms with Gasteiger partial charge in [0.2, 0.25) is 5.91 Å². The number of sulfone groups is 1. The van der Waals surface area contributed by atoms with Crippen molar-refractivity contribution < 1.29 is 13.2 Å². The Balaban J connectivity index is 1.49. The number of carbonyl (C=O) groups excluding carboxylic acids is 1. The van der Waals surface area contributed by atoms with Gasteiger partial charge in [0.1, 0.15) is 0 Å². The largest absolute Gasteiger partial charge is 0.335 e. The molecule has 1 saturated carbocycles. The first-order valence-electron chi connectivity index (χ1n) is 10.5. The van der Waals surface area contributed by atoms with E-state index in [2.05, 4.69) is 27.8 Å². The quantitative estimate of drug-likeness (QED) is 0.577. The van der Waals surface area contributed by atoms with Crippen LogP contribution in [0.4, 0.5) is 0 Å². The molecule has 1 aromatic heterocycles. The fourth-order valence-electron chi connectivity index (χ4n) is 4.07. The van der Waals surface area contributed by atoms with Gasteiger partial charge in [-0.3, -0.25) is 4.79 Å². The van der Waals surface area contributed by atoms with E-state index in [1.807, 2.05) is 30.0 Å². The lowest BCUT2D eigenvalue weighted by Crippen LogP contribution is -2.43. The Morgan fingerprint density at radius 3 is 2.67 bits per heavy atom. The van der Waals surface area contributed by atoms with Crippen LogP contribution < -0.4 is 0 Å². The van der Waals surface area contributed by atoms with Crippen LogP contribution in [0.1, 0.15) is 38.2 Å². The van der Waals surface area contributed by atoms with Crippen LogP contribution in [0.2, 0.25) is 0 Å². The Kier molecular flexibility index (Phi) is 6.20. The summed E-state index contributed by atoms with van der Waals surface area (Å²) in [6, 6.07) is 8.20.